The predicted octanol–water partition coefficient (Wildman–Crippen LogP) is 9.69. The zero-order chi connectivity index (χ0) is 31.6. The van der Waals surface area contributed by atoms with E-state index in [4.69, 9.17) is 19.3 Å². The van der Waals surface area contributed by atoms with Gasteiger partial charge >= 0.3 is 0 Å². The van der Waals surface area contributed by atoms with E-state index in [2.05, 4.69) is 12.1 Å². The Hall–Kier alpha value is -5.98. The first-order valence-corrected chi connectivity index (χ1v) is 16.9. The van der Waals surface area contributed by atoms with Gasteiger partial charge in [0.1, 0.15) is 9.73 Å². The molecule has 0 saturated heterocycles. The van der Waals surface area contributed by atoms with Crippen LogP contribution in [-0.2, 0) is 9.73 Å². The van der Waals surface area contributed by atoms with Crippen molar-refractivity contribution in [3.63, 3.8) is 0 Å². The first kappa shape index (κ1) is 28.5. The summed E-state index contributed by atoms with van der Waals surface area (Å²) < 4.78 is 20.7. The molecule has 8 rings (SSSR count). The fraction of sp³-hybridized carbons (Fsp3) is 0. The Labute approximate surface area is 274 Å². The SMILES string of the molecule is O=S1(c2cccc(-c3nc(-c4ccccc4)nc(-c4ccccc4)n3)c2)=NC(c2ccccc2)=C(c2ccccc2)c2ccccc21. The topological polar surface area (TPSA) is 68.1 Å². The second-order valence-corrected chi connectivity index (χ2v) is 13.3. The van der Waals surface area contributed by atoms with E-state index in [-0.39, 0.29) is 0 Å². The molecule has 5 nitrogen and oxygen atoms in total. The highest BCUT2D eigenvalue weighted by molar-refractivity contribution is 7.94. The van der Waals surface area contributed by atoms with E-state index >= 15 is 4.21 Å². The monoisotopic (exact) mass is 624 g/mol. The Morgan fingerprint density at radius 2 is 0.851 bits per heavy atom. The largest absolute Gasteiger partial charge is 0.239 e. The van der Waals surface area contributed by atoms with E-state index in [1.165, 1.54) is 0 Å². The first-order valence-electron chi connectivity index (χ1n) is 15.4. The second kappa shape index (κ2) is 12.1. The summed E-state index contributed by atoms with van der Waals surface area (Å²) in [7, 11) is -3.13. The quantitative estimate of drug-likeness (QED) is 0.185. The summed E-state index contributed by atoms with van der Waals surface area (Å²) in [6.07, 6.45) is 0. The molecule has 0 aliphatic carbocycles. The molecule has 1 atom stereocenters. The van der Waals surface area contributed by atoms with Gasteiger partial charge in [-0.3, -0.25) is 0 Å². The van der Waals surface area contributed by atoms with Gasteiger partial charge in [-0.25, -0.2) is 19.2 Å². The molecule has 0 bridgehead atoms. The van der Waals surface area contributed by atoms with E-state index in [1.807, 2.05) is 158 Å². The van der Waals surface area contributed by atoms with E-state index in [0.29, 0.717) is 33.0 Å². The van der Waals surface area contributed by atoms with Crippen LogP contribution >= 0.6 is 0 Å². The van der Waals surface area contributed by atoms with Gasteiger partial charge in [-0.15, -0.1) is 0 Å². The van der Waals surface area contributed by atoms with Crippen molar-refractivity contribution in [1.29, 1.82) is 0 Å². The Morgan fingerprint density at radius 3 is 1.43 bits per heavy atom. The van der Waals surface area contributed by atoms with Gasteiger partial charge in [0.2, 0.25) is 0 Å². The fourth-order valence-corrected chi connectivity index (χ4v) is 8.07. The average molecular weight is 625 g/mol. The molecule has 0 fully saturated rings. The lowest BCUT2D eigenvalue weighted by molar-refractivity contribution is 0.676. The maximum Gasteiger partial charge on any atom is 0.164 e. The molecule has 6 aromatic carbocycles. The lowest BCUT2D eigenvalue weighted by Gasteiger charge is -2.25. The molecular weight excluding hydrogens is 597 g/mol. The standard InChI is InChI=1S/C41H28N4OS/c46-47(36-27-14-13-26-35(36)37(29-16-5-1-6-17-29)38(45-47)30-18-7-2-8-19-30)34-25-15-24-33(28-34)41-43-39(31-20-9-3-10-21-31)42-40(44-41)32-22-11-4-12-23-32/h1-28H. The Bertz CT molecular complexity index is 2330. The Balaban J connectivity index is 1.35. The molecule has 7 aromatic rings. The average Bonchev–Trinajstić information content (AvgIpc) is 3.16. The molecule has 1 unspecified atom stereocenters. The van der Waals surface area contributed by atoms with Crippen LogP contribution in [0.1, 0.15) is 16.7 Å². The van der Waals surface area contributed by atoms with E-state index < -0.39 is 9.73 Å². The van der Waals surface area contributed by atoms with Gasteiger partial charge in [-0.2, -0.15) is 4.36 Å². The van der Waals surface area contributed by atoms with Gasteiger partial charge in [0.25, 0.3) is 0 Å². The maximum absolute atomic E-state index is 15.5. The van der Waals surface area contributed by atoms with Crippen LogP contribution in [0.4, 0.5) is 0 Å². The summed E-state index contributed by atoms with van der Waals surface area (Å²) in [6.45, 7) is 0. The van der Waals surface area contributed by atoms with Crippen LogP contribution in [0.3, 0.4) is 0 Å². The van der Waals surface area contributed by atoms with Crippen LogP contribution in [0.15, 0.2) is 184 Å². The summed E-state index contributed by atoms with van der Waals surface area (Å²) in [5.74, 6) is 1.63. The van der Waals surface area contributed by atoms with Gasteiger partial charge in [0, 0.05) is 33.4 Å². The zero-order valence-corrected chi connectivity index (χ0v) is 26.1. The third-order valence-electron chi connectivity index (χ3n) is 8.13. The lowest BCUT2D eigenvalue weighted by atomic mass is 9.93. The molecule has 6 heteroatoms. The smallest absolute Gasteiger partial charge is 0.164 e. The normalized spacial score (nSPS) is 15.5. The van der Waals surface area contributed by atoms with Crippen molar-refractivity contribution >= 4 is 21.0 Å². The Morgan fingerprint density at radius 1 is 0.404 bits per heavy atom. The van der Waals surface area contributed by atoms with Gasteiger partial charge < -0.3 is 0 Å². The third kappa shape index (κ3) is 5.35. The van der Waals surface area contributed by atoms with Crippen LogP contribution in [0.2, 0.25) is 0 Å². The number of benzene rings is 6. The van der Waals surface area contributed by atoms with E-state index in [0.717, 1.165) is 39.0 Å². The third-order valence-corrected chi connectivity index (χ3v) is 10.4. The van der Waals surface area contributed by atoms with Gasteiger partial charge in [-0.05, 0) is 23.8 Å². The lowest BCUT2D eigenvalue weighted by Crippen LogP contribution is -2.12. The molecule has 224 valence electrons. The van der Waals surface area contributed by atoms with Crippen molar-refractivity contribution in [2.75, 3.05) is 0 Å². The predicted molar refractivity (Wildman–Crippen MR) is 188 cm³/mol. The van der Waals surface area contributed by atoms with Crippen molar-refractivity contribution < 1.29 is 4.21 Å². The number of hydrogen-bond acceptors (Lipinski definition) is 5. The minimum Gasteiger partial charge on any atom is -0.239 e. The van der Waals surface area contributed by atoms with Gasteiger partial charge in [0.15, 0.2) is 17.5 Å². The van der Waals surface area contributed by atoms with Crippen molar-refractivity contribution in [2.45, 2.75) is 9.79 Å². The molecule has 0 amide bonds. The molecule has 1 aliphatic rings. The Kier molecular flexibility index (Phi) is 7.32. The van der Waals surface area contributed by atoms with E-state index in [9.17, 15) is 0 Å². The summed E-state index contributed by atoms with van der Waals surface area (Å²) in [5.41, 5.74) is 6.99. The van der Waals surface area contributed by atoms with Crippen LogP contribution in [0, 0.1) is 0 Å². The molecule has 0 saturated carbocycles. The highest BCUT2D eigenvalue weighted by Crippen LogP contribution is 2.44. The maximum atomic E-state index is 15.5. The van der Waals surface area contributed by atoms with Gasteiger partial charge in [-0.1, -0.05) is 152 Å². The number of rotatable bonds is 6. The van der Waals surface area contributed by atoms with Crippen molar-refractivity contribution in [3.8, 4) is 34.2 Å². The minimum absolute atomic E-state index is 0.496. The van der Waals surface area contributed by atoms with Crippen molar-refractivity contribution in [1.82, 2.24) is 15.0 Å². The highest BCUT2D eigenvalue weighted by atomic mass is 32.2. The molecule has 1 aromatic heterocycles. The highest BCUT2D eigenvalue weighted by Gasteiger charge is 2.30. The van der Waals surface area contributed by atoms with Crippen LogP contribution in [-0.4, -0.2) is 19.2 Å². The molecule has 0 spiro atoms. The number of hydrogen-bond donors (Lipinski definition) is 0. The van der Waals surface area contributed by atoms with Crippen LogP contribution in [0.25, 0.3) is 45.4 Å². The summed E-state index contributed by atoms with van der Waals surface area (Å²) in [5, 5.41) is 0. The molecular formula is C41H28N4OS. The second-order valence-electron chi connectivity index (χ2n) is 11.1. The van der Waals surface area contributed by atoms with E-state index in [1.54, 1.807) is 0 Å². The molecule has 1 aliphatic heterocycles. The fourth-order valence-electron chi connectivity index (χ4n) is 5.88. The molecule has 0 radical (unpaired) electrons. The molecule has 2 heterocycles. The number of fused-ring (bicyclic) bond motifs is 1. The van der Waals surface area contributed by atoms with Crippen LogP contribution in [0.5, 0.6) is 0 Å². The van der Waals surface area contributed by atoms with Crippen molar-refractivity contribution in [2.24, 2.45) is 4.36 Å². The molecule has 0 N–H and O–H groups in total. The summed E-state index contributed by atoms with van der Waals surface area (Å²) in [6, 6.07) is 55.5. The molecule has 47 heavy (non-hydrogen) atoms. The summed E-state index contributed by atoms with van der Waals surface area (Å²) >= 11 is 0. The zero-order valence-electron chi connectivity index (χ0n) is 25.3. The van der Waals surface area contributed by atoms with Gasteiger partial charge in [0.05, 0.1) is 15.5 Å². The van der Waals surface area contributed by atoms with Crippen molar-refractivity contribution in [3.05, 3.63) is 187 Å². The number of nitrogens with zero attached hydrogens (tertiary/aromatic N) is 4. The minimum atomic E-state index is -3.13. The van der Waals surface area contributed by atoms with Crippen LogP contribution < -0.4 is 0 Å². The first-order chi connectivity index (χ1) is 23.2. The summed E-state index contributed by atoms with van der Waals surface area (Å²) in [4.78, 5) is 15.9. The number of aromatic nitrogens is 3.